The van der Waals surface area contributed by atoms with Crippen molar-refractivity contribution in [3.63, 3.8) is 0 Å². The normalized spacial score (nSPS) is 11.0. The molecule has 0 aliphatic rings. The van der Waals surface area contributed by atoms with Crippen LogP contribution >= 0.6 is 0 Å². The van der Waals surface area contributed by atoms with E-state index in [9.17, 15) is 9.59 Å². The summed E-state index contributed by atoms with van der Waals surface area (Å²) in [6.45, 7) is 6.04. The first-order valence-electron chi connectivity index (χ1n) is 8.44. The summed E-state index contributed by atoms with van der Waals surface area (Å²) in [5.74, 6) is 0.203. The largest absolute Gasteiger partial charge is 0.493 e. The molecule has 0 radical (unpaired) electrons. The second-order valence-corrected chi connectivity index (χ2v) is 6.47. The summed E-state index contributed by atoms with van der Waals surface area (Å²) < 4.78 is 10.5. The van der Waals surface area contributed by atoms with Crippen LogP contribution in [0.2, 0.25) is 0 Å². The van der Waals surface area contributed by atoms with Crippen LogP contribution in [0, 0.1) is 6.92 Å². The van der Waals surface area contributed by atoms with Crippen molar-refractivity contribution in [2.24, 2.45) is 0 Å². The maximum atomic E-state index is 12.8. The van der Waals surface area contributed by atoms with Crippen LogP contribution in [0.1, 0.15) is 41.3 Å². The van der Waals surface area contributed by atoms with Gasteiger partial charge < -0.3 is 14.5 Å². The van der Waals surface area contributed by atoms with Gasteiger partial charge in [0.1, 0.15) is 5.56 Å². The van der Waals surface area contributed by atoms with Crippen molar-refractivity contribution in [3.05, 3.63) is 69.6 Å². The molecule has 0 aliphatic carbocycles. The predicted octanol–water partition coefficient (Wildman–Crippen LogP) is 4.49. The zero-order valence-corrected chi connectivity index (χ0v) is 15.3. The molecule has 0 bridgehead atoms. The summed E-state index contributed by atoms with van der Waals surface area (Å²) >= 11 is 0. The fraction of sp³-hybridized carbons (Fsp3) is 0.238. The molecule has 0 saturated heterocycles. The van der Waals surface area contributed by atoms with E-state index in [4.69, 9.17) is 9.15 Å². The number of carbonyl (C=O) groups excluding carboxylic acids is 1. The van der Waals surface area contributed by atoms with Gasteiger partial charge in [0.2, 0.25) is 0 Å². The number of rotatable bonds is 4. The van der Waals surface area contributed by atoms with E-state index in [-0.39, 0.29) is 11.5 Å². The lowest BCUT2D eigenvalue weighted by atomic mass is 9.98. The van der Waals surface area contributed by atoms with Crippen molar-refractivity contribution in [2.75, 3.05) is 12.4 Å². The molecule has 3 rings (SSSR count). The topological polar surface area (TPSA) is 68.5 Å². The second kappa shape index (κ2) is 7.04. The van der Waals surface area contributed by atoms with Crippen LogP contribution in [-0.2, 0) is 0 Å². The van der Waals surface area contributed by atoms with Crippen LogP contribution in [-0.4, -0.2) is 13.0 Å². The van der Waals surface area contributed by atoms with Crippen LogP contribution in [0.5, 0.6) is 5.75 Å². The molecule has 0 aliphatic heterocycles. The zero-order valence-electron chi connectivity index (χ0n) is 15.3. The van der Waals surface area contributed by atoms with Gasteiger partial charge in [0.05, 0.1) is 7.11 Å². The molecule has 3 aromatic rings. The molecule has 0 atom stereocenters. The Morgan fingerprint density at radius 1 is 1.15 bits per heavy atom. The van der Waals surface area contributed by atoms with Crippen molar-refractivity contribution < 1.29 is 13.9 Å². The number of methoxy groups -OCH3 is 1. The molecule has 0 fully saturated rings. The Labute approximate surface area is 151 Å². The predicted molar refractivity (Wildman–Crippen MR) is 102 cm³/mol. The summed E-state index contributed by atoms with van der Waals surface area (Å²) in [4.78, 5) is 25.1. The molecule has 1 N–H and O–H groups in total. The molecule has 134 valence electrons. The molecule has 1 aromatic heterocycles. The number of benzene rings is 2. The minimum Gasteiger partial charge on any atom is -0.493 e. The van der Waals surface area contributed by atoms with Crippen LogP contribution in [0.4, 0.5) is 5.69 Å². The number of hydrogen-bond donors (Lipinski definition) is 1. The number of amides is 1. The van der Waals surface area contributed by atoms with Gasteiger partial charge in [-0.25, -0.2) is 4.79 Å². The molecule has 0 saturated carbocycles. The molecule has 5 heteroatoms. The lowest BCUT2D eigenvalue weighted by Gasteiger charge is -2.16. The Hall–Kier alpha value is -3.08. The van der Waals surface area contributed by atoms with Crippen molar-refractivity contribution in [1.29, 1.82) is 0 Å². The van der Waals surface area contributed by atoms with Gasteiger partial charge in [-0.3, -0.25) is 4.79 Å². The van der Waals surface area contributed by atoms with E-state index in [2.05, 4.69) is 19.2 Å². The zero-order chi connectivity index (χ0) is 18.8. The first-order valence-corrected chi connectivity index (χ1v) is 8.44. The molecule has 0 unspecified atom stereocenters. The lowest BCUT2D eigenvalue weighted by molar-refractivity contribution is 0.102. The van der Waals surface area contributed by atoms with E-state index in [1.165, 1.54) is 13.2 Å². The summed E-state index contributed by atoms with van der Waals surface area (Å²) in [6.07, 6.45) is 0. The van der Waals surface area contributed by atoms with E-state index < -0.39 is 11.5 Å². The highest BCUT2D eigenvalue weighted by molar-refractivity contribution is 6.06. The van der Waals surface area contributed by atoms with Gasteiger partial charge in [0, 0.05) is 11.1 Å². The number of carbonyl (C=O) groups is 1. The van der Waals surface area contributed by atoms with Gasteiger partial charge >= 0.3 is 5.63 Å². The first kappa shape index (κ1) is 17.7. The SMILES string of the molecule is COc1cccc2cc(C(=O)Nc3c(C)cccc3C(C)C)c(=O)oc12. The van der Waals surface area contributed by atoms with Crippen molar-refractivity contribution in [3.8, 4) is 5.75 Å². The molecule has 1 amide bonds. The molecular weight excluding hydrogens is 330 g/mol. The number of anilines is 1. The Balaban J connectivity index is 2.05. The Bertz CT molecular complexity index is 1030. The lowest BCUT2D eigenvalue weighted by Crippen LogP contribution is -2.22. The molecule has 5 nitrogen and oxygen atoms in total. The number of ether oxygens (including phenoxy) is 1. The molecular formula is C21H21NO4. The highest BCUT2D eigenvalue weighted by Gasteiger charge is 2.18. The third kappa shape index (κ3) is 3.20. The first-order chi connectivity index (χ1) is 12.4. The number of hydrogen-bond acceptors (Lipinski definition) is 4. The van der Waals surface area contributed by atoms with Crippen LogP contribution in [0.3, 0.4) is 0 Å². The average Bonchev–Trinajstić information content (AvgIpc) is 2.62. The number of nitrogens with one attached hydrogen (secondary N) is 1. The van der Waals surface area contributed by atoms with E-state index in [0.717, 1.165) is 16.8 Å². The van der Waals surface area contributed by atoms with Gasteiger partial charge in [-0.1, -0.05) is 44.2 Å². The Kier molecular flexibility index (Phi) is 4.80. The van der Waals surface area contributed by atoms with Crippen LogP contribution in [0.15, 0.2) is 51.7 Å². The van der Waals surface area contributed by atoms with Gasteiger partial charge in [0.15, 0.2) is 11.3 Å². The van der Waals surface area contributed by atoms with Gasteiger partial charge in [-0.05, 0) is 36.1 Å². The smallest absolute Gasteiger partial charge is 0.349 e. The summed E-state index contributed by atoms with van der Waals surface area (Å²) in [5.41, 5.74) is 2.29. The third-order valence-corrected chi connectivity index (χ3v) is 4.35. The average molecular weight is 351 g/mol. The summed E-state index contributed by atoms with van der Waals surface area (Å²) in [7, 11) is 1.50. The van der Waals surface area contributed by atoms with Gasteiger partial charge in [0.25, 0.3) is 5.91 Å². The standard InChI is InChI=1S/C21H21NO4/c1-12(2)15-9-5-7-13(3)18(15)22-20(23)16-11-14-8-6-10-17(25-4)19(14)26-21(16)24/h5-12H,1-4H3,(H,22,23). The van der Waals surface area contributed by atoms with Gasteiger partial charge in [-0.2, -0.15) is 0 Å². The molecule has 0 spiro atoms. The Morgan fingerprint density at radius 3 is 2.58 bits per heavy atom. The quantitative estimate of drug-likeness (QED) is 0.703. The highest BCUT2D eigenvalue weighted by atomic mass is 16.5. The van der Waals surface area contributed by atoms with E-state index in [1.807, 2.05) is 25.1 Å². The van der Waals surface area contributed by atoms with Crippen molar-refractivity contribution in [1.82, 2.24) is 0 Å². The fourth-order valence-corrected chi connectivity index (χ4v) is 2.96. The van der Waals surface area contributed by atoms with Gasteiger partial charge in [-0.15, -0.1) is 0 Å². The van der Waals surface area contributed by atoms with E-state index in [1.54, 1.807) is 18.2 Å². The van der Waals surface area contributed by atoms with Crippen molar-refractivity contribution >= 4 is 22.6 Å². The van der Waals surface area contributed by atoms with E-state index in [0.29, 0.717) is 16.7 Å². The minimum absolute atomic E-state index is 0.0382. The second-order valence-electron chi connectivity index (χ2n) is 6.47. The Morgan fingerprint density at radius 2 is 1.88 bits per heavy atom. The summed E-state index contributed by atoms with van der Waals surface area (Å²) in [5, 5.41) is 3.51. The number of aryl methyl sites for hydroxylation is 1. The summed E-state index contributed by atoms with van der Waals surface area (Å²) in [6, 6.07) is 12.6. The number of para-hydroxylation sites is 2. The number of fused-ring (bicyclic) bond motifs is 1. The molecule has 2 aromatic carbocycles. The molecule has 1 heterocycles. The van der Waals surface area contributed by atoms with E-state index >= 15 is 0 Å². The monoisotopic (exact) mass is 351 g/mol. The van der Waals surface area contributed by atoms with Crippen LogP contribution < -0.4 is 15.7 Å². The third-order valence-electron chi connectivity index (χ3n) is 4.35. The minimum atomic E-state index is -0.695. The maximum Gasteiger partial charge on any atom is 0.349 e. The fourth-order valence-electron chi connectivity index (χ4n) is 2.96. The van der Waals surface area contributed by atoms with Crippen LogP contribution in [0.25, 0.3) is 11.0 Å². The van der Waals surface area contributed by atoms with Crippen molar-refractivity contribution in [2.45, 2.75) is 26.7 Å². The molecule has 26 heavy (non-hydrogen) atoms. The maximum absolute atomic E-state index is 12.8. The highest BCUT2D eigenvalue weighted by Crippen LogP contribution is 2.28.